The molecular weight excluding hydrogens is 633 g/mol. The number of aromatic nitrogens is 2. The van der Waals surface area contributed by atoms with Gasteiger partial charge in [0.2, 0.25) is 0 Å². The lowest BCUT2D eigenvalue weighted by molar-refractivity contribution is 0.413. The lowest BCUT2D eigenvalue weighted by Gasteiger charge is -2.28. The topological polar surface area (TPSA) is 121 Å². The first kappa shape index (κ1) is 33.4. The molecule has 1 heterocycles. The van der Waals surface area contributed by atoms with E-state index in [4.69, 9.17) is 27.8 Å². The Hall–Kier alpha value is -3.52. The zero-order valence-corrected chi connectivity index (χ0v) is 26.6. The summed E-state index contributed by atoms with van der Waals surface area (Å²) in [5, 5.41) is 0.905. The fraction of sp³-hybridized carbons (Fsp3) is 0.267. The SMILES string of the molecule is COc1cc(C(C)(C)c2cnc(SCc3c(F)cc(S(=O)NCCCN=C(N)N)cc3F)n2-c2ccc(F)cc2)ccc1Cl. The monoisotopic (exact) mass is 664 g/mol. The highest BCUT2D eigenvalue weighted by Gasteiger charge is 2.30. The van der Waals surface area contributed by atoms with E-state index >= 15 is 8.78 Å². The Bertz CT molecular complexity index is 1650. The van der Waals surface area contributed by atoms with Gasteiger partial charge in [-0.05, 0) is 60.5 Å². The molecule has 1 unspecified atom stereocenters. The number of benzene rings is 3. The van der Waals surface area contributed by atoms with Crippen LogP contribution in [0.5, 0.6) is 5.75 Å². The molecule has 4 aromatic rings. The van der Waals surface area contributed by atoms with Gasteiger partial charge in [-0.15, -0.1) is 0 Å². The van der Waals surface area contributed by atoms with Crippen LogP contribution in [-0.4, -0.2) is 39.9 Å². The van der Waals surface area contributed by atoms with E-state index in [0.717, 1.165) is 35.2 Å². The van der Waals surface area contributed by atoms with Crippen LogP contribution in [0.25, 0.3) is 5.69 Å². The van der Waals surface area contributed by atoms with Crippen LogP contribution in [0.4, 0.5) is 13.2 Å². The molecule has 0 spiro atoms. The lowest BCUT2D eigenvalue weighted by Crippen LogP contribution is -2.24. The van der Waals surface area contributed by atoms with E-state index in [-0.39, 0.29) is 28.7 Å². The zero-order chi connectivity index (χ0) is 32.0. The average molecular weight is 665 g/mol. The molecule has 0 fully saturated rings. The Morgan fingerprint density at radius 3 is 2.43 bits per heavy atom. The summed E-state index contributed by atoms with van der Waals surface area (Å²) >= 11 is 7.37. The first-order valence-electron chi connectivity index (χ1n) is 13.4. The highest BCUT2D eigenvalue weighted by Crippen LogP contribution is 2.39. The maximum absolute atomic E-state index is 15.1. The van der Waals surface area contributed by atoms with E-state index in [1.165, 1.54) is 19.2 Å². The highest BCUT2D eigenvalue weighted by molar-refractivity contribution is 7.98. The third-order valence-corrected chi connectivity index (χ3v) is 9.29. The predicted molar refractivity (Wildman–Crippen MR) is 169 cm³/mol. The summed E-state index contributed by atoms with van der Waals surface area (Å²) in [5.74, 6) is -1.73. The van der Waals surface area contributed by atoms with E-state index < -0.39 is 33.9 Å². The molecule has 4 rings (SSSR count). The van der Waals surface area contributed by atoms with Crippen molar-refractivity contribution in [2.24, 2.45) is 16.5 Å². The third kappa shape index (κ3) is 7.76. The van der Waals surface area contributed by atoms with Crippen molar-refractivity contribution in [2.45, 2.75) is 41.5 Å². The van der Waals surface area contributed by atoms with Gasteiger partial charge < -0.3 is 16.2 Å². The Balaban J connectivity index is 1.61. The molecule has 0 radical (unpaired) electrons. The van der Waals surface area contributed by atoms with Crippen molar-refractivity contribution in [1.29, 1.82) is 0 Å². The van der Waals surface area contributed by atoms with E-state index in [2.05, 4.69) is 14.7 Å². The molecule has 0 bridgehead atoms. The number of nitrogens with one attached hydrogen (secondary N) is 1. The Kier molecular flexibility index (Phi) is 11.0. The number of halogens is 4. The average Bonchev–Trinajstić information content (AvgIpc) is 3.41. The molecule has 0 aliphatic carbocycles. The fourth-order valence-electron chi connectivity index (χ4n) is 4.41. The first-order valence-corrected chi connectivity index (χ1v) is 15.9. The number of rotatable bonds is 13. The number of hydrogen-bond acceptors (Lipinski definition) is 5. The summed E-state index contributed by atoms with van der Waals surface area (Å²) in [5.41, 5.74) is 11.9. The lowest BCUT2D eigenvalue weighted by atomic mass is 9.81. The fourth-order valence-corrected chi connectivity index (χ4v) is 6.53. The molecule has 44 heavy (non-hydrogen) atoms. The number of ether oxygens (including phenoxy) is 1. The van der Waals surface area contributed by atoms with Gasteiger partial charge in [-0.1, -0.05) is 43.3 Å². The number of hydrogen-bond donors (Lipinski definition) is 3. The van der Waals surface area contributed by atoms with Gasteiger partial charge >= 0.3 is 0 Å². The van der Waals surface area contributed by atoms with Crippen LogP contribution in [0.2, 0.25) is 5.02 Å². The minimum atomic E-state index is -1.84. The van der Waals surface area contributed by atoms with Gasteiger partial charge in [0.25, 0.3) is 0 Å². The summed E-state index contributed by atoms with van der Waals surface area (Å²) in [6.07, 6.45) is 2.17. The van der Waals surface area contributed by atoms with Gasteiger partial charge in [0.1, 0.15) is 34.2 Å². The van der Waals surface area contributed by atoms with Crippen LogP contribution in [0.1, 0.15) is 37.1 Å². The standard InChI is InChI=1S/C30H32ClF3N6O2S2/c1-30(2,18-5-10-23(31)26(13-18)42-3)27-16-38-29(40(27)20-8-6-19(32)7-9-20)43-17-22-24(33)14-21(15-25(22)34)44(41)39-12-4-11-37-28(35)36/h5-10,13-16,39H,4,11-12,17H2,1-3H3,(H4,35,36,37). The van der Waals surface area contributed by atoms with Crippen molar-refractivity contribution in [3.05, 3.63) is 100 Å². The number of nitrogens with zero attached hydrogens (tertiary/aromatic N) is 3. The summed E-state index contributed by atoms with van der Waals surface area (Å²) in [6.45, 7) is 4.59. The van der Waals surface area contributed by atoms with Crippen molar-refractivity contribution >= 4 is 40.3 Å². The highest BCUT2D eigenvalue weighted by atomic mass is 35.5. The number of nitrogens with two attached hydrogens (primary N) is 2. The van der Waals surface area contributed by atoms with Crippen LogP contribution >= 0.6 is 23.4 Å². The molecule has 234 valence electrons. The molecule has 0 aliphatic rings. The minimum Gasteiger partial charge on any atom is -0.495 e. The van der Waals surface area contributed by atoms with Gasteiger partial charge in [0.15, 0.2) is 11.1 Å². The second-order valence-electron chi connectivity index (χ2n) is 10.2. The number of methoxy groups -OCH3 is 1. The summed E-state index contributed by atoms with van der Waals surface area (Å²) < 4.78 is 66.6. The van der Waals surface area contributed by atoms with Crippen LogP contribution in [0, 0.1) is 17.5 Å². The number of thioether (sulfide) groups is 1. The number of guanidine groups is 1. The minimum absolute atomic E-state index is 0.0363. The number of aliphatic imine (C=N–C) groups is 1. The first-order chi connectivity index (χ1) is 20.9. The molecule has 14 heteroatoms. The Morgan fingerprint density at radius 2 is 1.80 bits per heavy atom. The second-order valence-corrected chi connectivity index (χ2v) is 12.8. The second kappa shape index (κ2) is 14.5. The van der Waals surface area contributed by atoms with Crippen molar-refractivity contribution in [2.75, 3.05) is 20.2 Å². The van der Waals surface area contributed by atoms with E-state index in [1.54, 1.807) is 24.4 Å². The van der Waals surface area contributed by atoms with E-state index in [1.807, 2.05) is 30.5 Å². The quantitative estimate of drug-likeness (QED) is 0.0715. The zero-order valence-electron chi connectivity index (χ0n) is 24.2. The molecule has 5 N–H and O–H groups in total. The molecule has 0 saturated carbocycles. The largest absolute Gasteiger partial charge is 0.495 e. The van der Waals surface area contributed by atoms with Crippen molar-refractivity contribution in [3.8, 4) is 11.4 Å². The summed E-state index contributed by atoms with van der Waals surface area (Å²) in [6, 6.07) is 13.5. The van der Waals surface area contributed by atoms with Gasteiger partial charge in [-0.3, -0.25) is 9.56 Å². The maximum atomic E-state index is 15.1. The van der Waals surface area contributed by atoms with Gasteiger partial charge in [-0.2, -0.15) is 0 Å². The Morgan fingerprint density at radius 1 is 1.11 bits per heavy atom. The van der Waals surface area contributed by atoms with Crippen molar-refractivity contribution in [1.82, 2.24) is 14.3 Å². The molecule has 3 aromatic carbocycles. The molecule has 0 saturated heterocycles. The molecule has 0 amide bonds. The number of imidazole rings is 1. The molecule has 1 aromatic heterocycles. The van der Waals surface area contributed by atoms with Crippen LogP contribution in [0.15, 0.2) is 75.8 Å². The van der Waals surface area contributed by atoms with Gasteiger partial charge in [-0.25, -0.2) is 27.1 Å². The van der Waals surface area contributed by atoms with E-state index in [9.17, 15) is 8.60 Å². The van der Waals surface area contributed by atoms with Crippen LogP contribution < -0.4 is 20.9 Å². The third-order valence-electron chi connectivity index (χ3n) is 6.86. The van der Waals surface area contributed by atoms with Gasteiger partial charge in [0, 0.05) is 35.5 Å². The smallest absolute Gasteiger partial charge is 0.185 e. The normalized spacial score (nSPS) is 12.2. The molecule has 0 aliphatic heterocycles. The van der Waals surface area contributed by atoms with Crippen LogP contribution in [0.3, 0.4) is 0 Å². The molecule has 1 atom stereocenters. The van der Waals surface area contributed by atoms with Crippen molar-refractivity contribution in [3.63, 3.8) is 0 Å². The molecule has 8 nitrogen and oxygen atoms in total. The van der Waals surface area contributed by atoms with E-state index in [0.29, 0.717) is 34.6 Å². The van der Waals surface area contributed by atoms with Gasteiger partial charge in [0.05, 0.1) is 28.9 Å². The molecular formula is C30H32ClF3N6O2S2. The van der Waals surface area contributed by atoms with Crippen molar-refractivity contribution < 1.29 is 22.1 Å². The maximum Gasteiger partial charge on any atom is 0.185 e. The van der Waals surface area contributed by atoms with Crippen LogP contribution in [-0.2, 0) is 22.2 Å². The summed E-state index contributed by atoms with van der Waals surface area (Å²) in [7, 11) is -0.305. The predicted octanol–water partition coefficient (Wildman–Crippen LogP) is 5.85. The Labute approximate surface area is 265 Å². The summed E-state index contributed by atoms with van der Waals surface area (Å²) in [4.78, 5) is 8.38.